The second-order valence-electron chi connectivity index (χ2n) is 5.70. The van der Waals surface area contributed by atoms with E-state index in [2.05, 4.69) is 15.2 Å². The van der Waals surface area contributed by atoms with Crippen molar-refractivity contribution < 1.29 is 4.79 Å². The number of aryl methyl sites for hydroxylation is 1. The van der Waals surface area contributed by atoms with Gasteiger partial charge in [-0.15, -0.1) is 11.3 Å². The first kappa shape index (κ1) is 16.3. The Hall–Kier alpha value is -1.59. The Morgan fingerprint density at radius 2 is 2.04 bits per heavy atom. The number of aromatic nitrogens is 1. The molecule has 4 nitrogen and oxygen atoms in total. The minimum absolute atomic E-state index is 0.0206. The van der Waals surface area contributed by atoms with Crippen LogP contribution in [0.5, 0.6) is 0 Å². The molecule has 2 aromatic heterocycles. The molecule has 0 unspecified atom stereocenters. The van der Waals surface area contributed by atoms with Gasteiger partial charge in [-0.05, 0) is 49.9 Å². The molecule has 6 heteroatoms. The SMILES string of the molecule is O=C(CCc1ccc(Cl)s1)Nc1ccc(N2CCCCC2)cn1. The molecule has 0 aromatic carbocycles. The van der Waals surface area contributed by atoms with Crippen LogP contribution in [0.2, 0.25) is 4.34 Å². The number of nitrogens with one attached hydrogen (secondary N) is 1. The average Bonchev–Trinajstić information content (AvgIpc) is 3.00. The number of carbonyl (C=O) groups excluding carboxylic acids is 1. The number of anilines is 2. The van der Waals surface area contributed by atoms with Gasteiger partial charge in [0.15, 0.2) is 0 Å². The standard InChI is InChI=1S/C17H20ClN3OS/c18-15-7-5-14(23-15)6-9-17(22)20-16-8-4-13(12-19-16)21-10-2-1-3-11-21/h4-5,7-8,12H,1-3,6,9-11H2,(H,19,20,22). The molecule has 122 valence electrons. The molecule has 0 radical (unpaired) electrons. The van der Waals surface area contributed by atoms with E-state index in [1.54, 1.807) is 0 Å². The van der Waals surface area contributed by atoms with Gasteiger partial charge in [-0.25, -0.2) is 4.98 Å². The second-order valence-corrected chi connectivity index (χ2v) is 7.50. The van der Waals surface area contributed by atoms with Crippen molar-refractivity contribution in [2.24, 2.45) is 0 Å². The van der Waals surface area contributed by atoms with Crippen molar-refractivity contribution in [1.29, 1.82) is 0 Å². The summed E-state index contributed by atoms with van der Waals surface area (Å²) in [5.74, 6) is 0.590. The van der Waals surface area contributed by atoms with Crippen molar-refractivity contribution in [3.8, 4) is 0 Å². The summed E-state index contributed by atoms with van der Waals surface area (Å²) in [5, 5.41) is 2.85. The monoisotopic (exact) mass is 349 g/mol. The minimum atomic E-state index is -0.0206. The normalized spacial score (nSPS) is 14.7. The zero-order chi connectivity index (χ0) is 16.1. The third-order valence-electron chi connectivity index (χ3n) is 3.96. The van der Waals surface area contributed by atoms with Crippen LogP contribution in [0, 0.1) is 0 Å². The Morgan fingerprint density at radius 1 is 1.22 bits per heavy atom. The van der Waals surface area contributed by atoms with Gasteiger partial charge in [0.25, 0.3) is 0 Å². The smallest absolute Gasteiger partial charge is 0.225 e. The molecule has 3 rings (SSSR count). The first-order valence-electron chi connectivity index (χ1n) is 7.96. The third kappa shape index (κ3) is 4.69. The molecule has 1 aliphatic rings. The van der Waals surface area contributed by atoms with Crippen molar-refractivity contribution in [3.63, 3.8) is 0 Å². The second kappa shape index (κ2) is 7.79. The first-order chi connectivity index (χ1) is 11.2. The van der Waals surface area contributed by atoms with Crippen LogP contribution < -0.4 is 10.2 Å². The summed E-state index contributed by atoms with van der Waals surface area (Å²) in [6, 6.07) is 7.74. The van der Waals surface area contributed by atoms with E-state index in [-0.39, 0.29) is 5.91 Å². The van der Waals surface area contributed by atoms with E-state index in [4.69, 9.17) is 11.6 Å². The molecule has 1 amide bonds. The summed E-state index contributed by atoms with van der Waals surface area (Å²) < 4.78 is 0.760. The maximum Gasteiger partial charge on any atom is 0.225 e. The topological polar surface area (TPSA) is 45.2 Å². The quantitative estimate of drug-likeness (QED) is 0.872. The molecule has 0 saturated carbocycles. The van der Waals surface area contributed by atoms with Crippen molar-refractivity contribution in [2.75, 3.05) is 23.3 Å². The fraction of sp³-hybridized carbons (Fsp3) is 0.412. The Kier molecular flexibility index (Phi) is 5.51. The number of nitrogens with zero attached hydrogens (tertiary/aromatic N) is 2. The molecule has 3 heterocycles. The summed E-state index contributed by atoms with van der Waals surface area (Å²) in [7, 11) is 0. The average molecular weight is 350 g/mol. The summed E-state index contributed by atoms with van der Waals surface area (Å²) >= 11 is 7.41. The van der Waals surface area contributed by atoms with Gasteiger partial charge >= 0.3 is 0 Å². The van der Waals surface area contributed by atoms with Gasteiger partial charge in [-0.1, -0.05) is 11.6 Å². The summed E-state index contributed by atoms with van der Waals surface area (Å²) in [6.07, 6.45) is 6.78. The van der Waals surface area contributed by atoms with Crippen LogP contribution in [0.25, 0.3) is 0 Å². The van der Waals surface area contributed by atoms with Crippen LogP contribution in [0.1, 0.15) is 30.6 Å². The fourth-order valence-corrected chi connectivity index (χ4v) is 3.81. The van der Waals surface area contributed by atoms with Gasteiger partial charge < -0.3 is 10.2 Å². The lowest BCUT2D eigenvalue weighted by Gasteiger charge is -2.28. The number of rotatable bonds is 5. The maximum atomic E-state index is 12.0. The predicted molar refractivity (Wildman–Crippen MR) is 96.6 cm³/mol. The number of thiophene rings is 1. The molecular weight excluding hydrogens is 330 g/mol. The highest BCUT2D eigenvalue weighted by Gasteiger charge is 2.11. The van der Waals surface area contributed by atoms with Crippen molar-refractivity contribution in [1.82, 2.24) is 4.98 Å². The Bertz CT molecular complexity index is 650. The van der Waals surface area contributed by atoms with Crippen LogP contribution >= 0.6 is 22.9 Å². The number of amides is 1. The number of piperidine rings is 1. The Morgan fingerprint density at radius 3 is 2.70 bits per heavy atom. The van der Waals surface area contributed by atoms with Crippen molar-refractivity contribution in [3.05, 3.63) is 39.7 Å². The number of pyridine rings is 1. The Labute approximate surface area is 145 Å². The number of hydrogen-bond acceptors (Lipinski definition) is 4. The number of hydrogen-bond donors (Lipinski definition) is 1. The predicted octanol–water partition coefficient (Wildman–Crippen LogP) is 4.36. The van der Waals surface area contributed by atoms with Crippen molar-refractivity contribution >= 4 is 40.4 Å². The van der Waals surface area contributed by atoms with Gasteiger partial charge in [-0.2, -0.15) is 0 Å². The van der Waals surface area contributed by atoms with Gasteiger partial charge in [0.2, 0.25) is 5.91 Å². The first-order valence-corrected chi connectivity index (χ1v) is 9.15. The molecule has 1 fully saturated rings. The molecule has 1 saturated heterocycles. The van der Waals surface area contributed by atoms with E-state index >= 15 is 0 Å². The number of halogens is 1. The molecule has 0 spiro atoms. The molecule has 0 bridgehead atoms. The van der Waals surface area contributed by atoms with E-state index in [1.165, 1.54) is 30.6 Å². The van der Waals surface area contributed by atoms with Gasteiger partial charge in [0, 0.05) is 24.4 Å². The lowest BCUT2D eigenvalue weighted by atomic mass is 10.1. The fourth-order valence-electron chi connectivity index (χ4n) is 2.73. The Balaban J connectivity index is 1.50. The van der Waals surface area contributed by atoms with Gasteiger partial charge in [0.05, 0.1) is 16.2 Å². The molecule has 1 N–H and O–H groups in total. The largest absolute Gasteiger partial charge is 0.370 e. The van der Waals surface area contributed by atoms with Crippen LogP contribution in [-0.2, 0) is 11.2 Å². The number of carbonyl (C=O) groups is 1. The molecule has 23 heavy (non-hydrogen) atoms. The lowest BCUT2D eigenvalue weighted by molar-refractivity contribution is -0.116. The zero-order valence-corrected chi connectivity index (χ0v) is 14.5. The minimum Gasteiger partial charge on any atom is -0.370 e. The van der Waals surface area contributed by atoms with E-state index in [0.29, 0.717) is 18.7 Å². The van der Waals surface area contributed by atoms with Crippen molar-refractivity contribution in [2.45, 2.75) is 32.1 Å². The van der Waals surface area contributed by atoms with Crippen LogP contribution in [0.4, 0.5) is 11.5 Å². The van der Waals surface area contributed by atoms with E-state index in [9.17, 15) is 4.79 Å². The molecule has 2 aromatic rings. The highest BCUT2D eigenvalue weighted by atomic mass is 35.5. The molecular formula is C17H20ClN3OS. The van der Waals surface area contributed by atoms with Crippen LogP contribution in [0.3, 0.4) is 0 Å². The molecule has 0 aliphatic carbocycles. The summed E-state index contributed by atoms with van der Waals surface area (Å²) in [4.78, 5) is 19.8. The highest BCUT2D eigenvalue weighted by Crippen LogP contribution is 2.23. The van der Waals surface area contributed by atoms with Crippen LogP contribution in [-0.4, -0.2) is 24.0 Å². The van der Waals surface area contributed by atoms with E-state index < -0.39 is 0 Å². The van der Waals surface area contributed by atoms with E-state index in [1.807, 2.05) is 30.5 Å². The summed E-state index contributed by atoms with van der Waals surface area (Å²) in [6.45, 7) is 2.19. The zero-order valence-electron chi connectivity index (χ0n) is 12.9. The highest BCUT2D eigenvalue weighted by molar-refractivity contribution is 7.16. The van der Waals surface area contributed by atoms with E-state index in [0.717, 1.165) is 28.0 Å². The molecule has 1 aliphatic heterocycles. The van der Waals surface area contributed by atoms with Gasteiger partial charge in [-0.3, -0.25) is 4.79 Å². The summed E-state index contributed by atoms with van der Waals surface area (Å²) in [5.41, 5.74) is 1.14. The van der Waals surface area contributed by atoms with Crippen LogP contribution in [0.15, 0.2) is 30.5 Å². The van der Waals surface area contributed by atoms with Gasteiger partial charge in [0.1, 0.15) is 5.82 Å². The maximum absolute atomic E-state index is 12.0. The third-order valence-corrected chi connectivity index (χ3v) is 5.25. The lowest BCUT2D eigenvalue weighted by Crippen LogP contribution is -2.29. The molecule has 0 atom stereocenters.